The Bertz CT molecular complexity index is 1240. The van der Waals surface area contributed by atoms with Crippen molar-refractivity contribution < 1.29 is 37.0 Å². The second-order valence-electron chi connectivity index (χ2n) is 13.3. The van der Waals surface area contributed by atoms with Crippen LogP contribution >= 0.6 is 0 Å². The molecule has 0 unspecified atom stereocenters. The molecule has 2 aromatic carbocycles. The van der Waals surface area contributed by atoms with E-state index in [0.29, 0.717) is 19.6 Å². The zero-order chi connectivity index (χ0) is 33.6. The predicted octanol–water partition coefficient (Wildman–Crippen LogP) is 6.20. The standard InChI is InChI=1S/C20H26F4N2O.C7H13NO2.C7H8O/c1-13-9-26(18(2,3)4)12-19(13,21)17(27)25-10-15(11-25)14-5-7-16(8-6-14)20(22,23)24;1-8-4-2-6(3-5-8)7(9)10;1-8-7-5-3-2-4-6-7/h5-8,13,15H,9-12H2,1-4H3;6H,2-5H2,1H3,(H,9,10);2-6H,1H3/t13-,19+;;/m1../s1. The third kappa shape index (κ3) is 9.66. The third-order valence-corrected chi connectivity index (χ3v) is 8.93. The van der Waals surface area contributed by atoms with Gasteiger partial charge in [-0.1, -0.05) is 37.3 Å². The van der Waals surface area contributed by atoms with Gasteiger partial charge in [-0.3, -0.25) is 14.5 Å². The van der Waals surface area contributed by atoms with Gasteiger partial charge in [-0.2, -0.15) is 13.2 Å². The van der Waals surface area contributed by atoms with Crippen LogP contribution in [0.5, 0.6) is 5.75 Å². The van der Waals surface area contributed by atoms with Crippen molar-refractivity contribution in [2.75, 3.05) is 53.4 Å². The minimum atomic E-state index is -4.36. The van der Waals surface area contributed by atoms with Crippen LogP contribution in [0.15, 0.2) is 54.6 Å². The van der Waals surface area contributed by atoms with E-state index in [0.717, 1.165) is 49.4 Å². The molecule has 11 heteroatoms. The Morgan fingerprint density at radius 1 is 0.933 bits per heavy atom. The molecule has 0 radical (unpaired) electrons. The minimum Gasteiger partial charge on any atom is -0.497 e. The second kappa shape index (κ2) is 14.9. The summed E-state index contributed by atoms with van der Waals surface area (Å²) >= 11 is 0. The number of hydrogen-bond acceptors (Lipinski definition) is 5. The Balaban J connectivity index is 0.000000248. The number of para-hydroxylation sites is 1. The maximum Gasteiger partial charge on any atom is 0.416 e. The van der Waals surface area contributed by atoms with Crippen LogP contribution in [0.25, 0.3) is 0 Å². The fraction of sp³-hybridized carbons (Fsp3) is 0.588. The smallest absolute Gasteiger partial charge is 0.416 e. The molecular formula is C34H47F4N3O4. The first-order chi connectivity index (χ1) is 21.0. The normalized spacial score (nSPS) is 23.2. The van der Waals surface area contributed by atoms with E-state index in [1.807, 2.05) is 63.1 Å². The minimum absolute atomic E-state index is 0.0461. The number of alkyl halides is 4. The highest BCUT2D eigenvalue weighted by Crippen LogP contribution is 2.39. The largest absolute Gasteiger partial charge is 0.497 e. The van der Waals surface area contributed by atoms with Gasteiger partial charge >= 0.3 is 12.1 Å². The van der Waals surface area contributed by atoms with Crippen molar-refractivity contribution in [1.29, 1.82) is 0 Å². The summed E-state index contributed by atoms with van der Waals surface area (Å²) in [6.45, 7) is 10.9. The highest BCUT2D eigenvalue weighted by atomic mass is 19.4. The fourth-order valence-electron chi connectivity index (χ4n) is 5.64. The summed E-state index contributed by atoms with van der Waals surface area (Å²) in [5.41, 5.74) is -2.06. The summed E-state index contributed by atoms with van der Waals surface area (Å²) < 4.78 is 58.4. The summed E-state index contributed by atoms with van der Waals surface area (Å²) in [5.74, 6) is -0.744. The molecule has 2 atom stereocenters. The van der Waals surface area contributed by atoms with Gasteiger partial charge < -0.3 is 19.6 Å². The number of benzene rings is 2. The van der Waals surface area contributed by atoms with Crippen molar-refractivity contribution in [3.63, 3.8) is 0 Å². The van der Waals surface area contributed by atoms with Crippen molar-refractivity contribution in [3.8, 4) is 5.75 Å². The zero-order valence-electron chi connectivity index (χ0n) is 27.1. The molecule has 5 rings (SSSR count). The summed E-state index contributed by atoms with van der Waals surface area (Å²) in [4.78, 5) is 28.9. The molecule has 3 saturated heterocycles. The summed E-state index contributed by atoms with van der Waals surface area (Å²) in [6, 6.07) is 14.7. The van der Waals surface area contributed by atoms with E-state index in [-0.39, 0.29) is 23.9 Å². The maximum atomic E-state index is 15.5. The van der Waals surface area contributed by atoms with Crippen LogP contribution in [-0.2, 0) is 15.8 Å². The fourth-order valence-corrected chi connectivity index (χ4v) is 5.64. The van der Waals surface area contributed by atoms with Crippen LogP contribution in [0.2, 0.25) is 0 Å². The molecule has 3 fully saturated rings. The van der Waals surface area contributed by atoms with Crippen LogP contribution in [0.4, 0.5) is 17.6 Å². The predicted molar refractivity (Wildman–Crippen MR) is 166 cm³/mol. The number of halogens is 4. The van der Waals surface area contributed by atoms with E-state index in [4.69, 9.17) is 9.84 Å². The van der Waals surface area contributed by atoms with E-state index < -0.39 is 35.2 Å². The van der Waals surface area contributed by atoms with Crippen LogP contribution in [0.1, 0.15) is 57.6 Å². The van der Waals surface area contributed by atoms with Crippen molar-refractivity contribution in [2.45, 2.75) is 63.8 Å². The van der Waals surface area contributed by atoms with Crippen molar-refractivity contribution in [1.82, 2.24) is 14.7 Å². The van der Waals surface area contributed by atoms with Crippen molar-refractivity contribution >= 4 is 11.9 Å². The SMILES string of the molecule is CN1CCC(C(=O)O)CC1.COc1ccccc1.C[C@@H]1CN(C(C)(C)C)C[C@@]1(F)C(=O)N1CC(c2ccc(C(F)(F)F)cc2)C1. The first-order valence-electron chi connectivity index (χ1n) is 15.4. The van der Waals surface area contributed by atoms with Gasteiger partial charge in [-0.15, -0.1) is 0 Å². The molecule has 0 aromatic heterocycles. The third-order valence-electron chi connectivity index (χ3n) is 8.93. The number of carbonyl (C=O) groups is 2. The van der Waals surface area contributed by atoms with E-state index >= 15 is 4.39 Å². The Labute approximate surface area is 264 Å². The lowest BCUT2D eigenvalue weighted by Crippen LogP contribution is -2.58. The Kier molecular flexibility index (Phi) is 12.0. The maximum absolute atomic E-state index is 15.5. The molecule has 250 valence electrons. The molecule has 0 bridgehead atoms. The van der Waals surface area contributed by atoms with Gasteiger partial charge in [0.15, 0.2) is 0 Å². The molecule has 2 aromatic rings. The number of aliphatic carboxylic acids is 1. The number of ether oxygens (including phenoxy) is 1. The number of hydrogen-bond donors (Lipinski definition) is 1. The molecule has 45 heavy (non-hydrogen) atoms. The quantitative estimate of drug-likeness (QED) is 0.403. The van der Waals surface area contributed by atoms with Gasteiger partial charge in [-0.25, -0.2) is 4.39 Å². The average Bonchev–Trinajstić information content (AvgIpc) is 3.29. The molecular weight excluding hydrogens is 590 g/mol. The number of methoxy groups -OCH3 is 1. The highest BCUT2D eigenvalue weighted by molar-refractivity contribution is 5.87. The lowest BCUT2D eigenvalue weighted by atomic mass is 9.86. The number of rotatable bonds is 4. The summed E-state index contributed by atoms with van der Waals surface area (Å²) in [5, 5.41) is 8.61. The highest BCUT2D eigenvalue weighted by Gasteiger charge is 2.55. The Morgan fingerprint density at radius 3 is 1.91 bits per heavy atom. The lowest BCUT2D eigenvalue weighted by Gasteiger charge is -2.43. The average molecular weight is 638 g/mol. The van der Waals surface area contributed by atoms with Gasteiger partial charge in [0.05, 0.1) is 18.6 Å². The van der Waals surface area contributed by atoms with Gasteiger partial charge in [0.1, 0.15) is 5.75 Å². The zero-order valence-corrected chi connectivity index (χ0v) is 27.1. The van der Waals surface area contributed by atoms with E-state index in [9.17, 15) is 22.8 Å². The Hall–Kier alpha value is -3.18. The summed E-state index contributed by atoms with van der Waals surface area (Å²) in [6.07, 6.45) is -2.74. The van der Waals surface area contributed by atoms with Gasteiger partial charge in [0.2, 0.25) is 5.67 Å². The number of carbonyl (C=O) groups excluding carboxylic acids is 1. The van der Waals surface area contributed by atoms with Crippen LogP contribution in [0, 0.1) is 11.8 Å². The van der Waals surface area contributed by atoms with E-state index in [2.05, 4.69) is 4.90 Å². The first-order valence-corrected chi connectivity index (χ1v) is 15.4. The molecule has 1 N–H and O–H groups in total. The monoisotopic (exact) mass is 637 g/mol. The second-order valence-corrected chi connectivity index (χ2v) is 13.3. The molecule has 3 aliphatic rings. The molecule has 3 aliphatic heterocycles. The molecule has 0 saturated carbocycles. The van der Waals surface area contributed by atoms with Crippen LogP contribution in [0.3, 0.4) is 0 Å². The number of likely N-dealkylation sites (tertiary alicyclic amines) is 3. The van der Waals surface area contributed by atoms with Gasteiger partial charge in [-0.05, 0) is 83.6 Å². The van der Waals surface area contributed by atoms with Crippen LogP contribution in [-0.4, -0.2) is 96.3 Å². The lowest BCUT2D eigenvalue weighted by molar-refractivity contribution is -0.150. The van der Waals surface area contributed by atoms with Crippen molar-refractivity contribution in [2.24, 2.45) is 11.8 Å². The first kappa shape index (κ1) is 36.3. The van der Waals surface area contributed by atoms with E-state index in [1.54, 1.807) is 14.0 Å². The molecule has 1 amide bonds. The van der Waals surface area contributed by atoms with E-state index in [1.165, 1.54) is 17.0 Å². The number of amides is 1. The van der Waals surface area contributed by atoms with Gasteiger partial charge in [0.25, 0.3) is 5.91 Å². The Morgan fingerprint density at radius 2 is 1.49 bits per heavy atom. The molecule has 0 aliphatic carbocycles. The number of piperidine rings is 1. The van der Waals surface area contributed by atoms with Crippen LogP contribution < -0.4 is 4.74 Å². The number of nitrogens with zero attached hydrogens (tertiary/aromatic N) is 3. The molecule has 7 nitrogen and oxygen atoms in total. The number of carboxylic acids is 1. The molecule has 0 spiro atoms. The van der Waals surface area contributed by atoms with Gasteiger partial charge in [0, 0.05) is 43.6 Å². The summed E-state index contributed by atoms with van der Waals surface area (Å²) in [7, 11) is 3.69. The van der Waals surface area contributed by atoms with Crippen molar-refractivity contribution in [3.05, 3.63) is 65.7 Å². The molecule has 3 heterocycles. The topological polar surface area (TPSA) is 73.3 Å². The number of carboxylic acid groups (broad SMARTS) is 1.